The highest BCUT2D eigenvalue weighted by Gasteiger charge is 2.18. The Hall–Kier alpha value is -2.64. The van der Waals surface area contributed by atoms with Crippen molar-refractivity contribution in [3.63, 3.8) is 0 Å². The molecule has 0 bridgehead atoms. The molecule has 0 aliphatic heterocycles. The molecule has 0 heterocycles. The molecule has 2 aromatic carbocycles. The van der Waals surface area contributed by atoms with Crippen LogP contribution in [-0.2, 0) is 11.3 Å². The normalized spacial score (nSPS) is 11.8. The summed E-state index contributed by atoms with van der Waals surface area (Å²) in [6.07, 6.45) is 0. The number of hydrogen-bond donors (Lipinski definition) is 1. The van der Waals surface area contributed by atoms with Gasteiger partial charge >= 0.3 is 0 Å². The molecule has 4 nitrogen and oxygen atoms in total. The van der Waals surface area contributed by atoms with Gasteiger partial charge in [0, 0.05) is 12.2 Å². The topological polar surface area (TPSA) is 56.1 Å². The Morgan fingerprint density at radius 3 is 2.35 bits per heavy atom. The molecule has 2 rings (SSSR count). The van der Waals surface area contributed by atoms with Crippen molar-refractivity contribution in [2.45, 2.75) is 26.4 Å². The van der Waals surface area contributed by atoms with Crippen LogP contribution in [0.15, 0.2) is 48.5 Å². The van der Waals surface area contributed by atoms with Gasteiger partial charge in [-0.3, -0.25) is 9.69 Å². The van der Waals surface area contributed by atoms with Crippen LogP contribution in [0.5, 0.6) is 0 Å². The van der Waals surface area contributed by atoms with Crippen LogP contribution in [0.1, 0.15) is 23.6 Å². The molecular weight excluding hydrogens is 286 g/mol. The Morgan fingerprint density at radius 2 is 1.78 bits per heavy atom. The summed E-state index contributed by atoms with van der Waals surface area (Å²) in [6, 6.07) is 17.0. The van der Waals surface area contributed by atoms with Crippen LogP contribution < -0.4 is 5.32 Å². The van der Waals surface area contributed by atoms with E-state index in [4.69, 9.17) is 5.26 Å². The Morgan fingerprint density at radius 1 is 1.17 bits per heavy atom. The SMILES string of the molecule is Cc1ccc(CN(C)C(C)C(=O)Nc2ccc(C#N)cc2)cc1. The fourth-order valence-electron chi connectivity index (χ4n) is 2.19. The number of likely N-dealkylation sites (N-methyl/N-ethyl adjacent to an activating group) is 1. The molecule has 0 radical (unpaired) electrons. The number of amides is 1. The second-order valence-corrected chi connectivity index (χ2v) is 5.76. The number of nitriles is 1. The molecule has 2 aromatic rings. The van der Waals surface area contributed by atoms with Gasteiger partial charge in [0.1, 0.15) is 0 Å². The van der Waals surface area contributed by atoms with E-state index < -0.39 is 0 Å². The number of nitrogens with zero attached hydrogens (tertiary/aromatic N) is 2. The summed E-state index contributed by atoms with van der Waals surface area (Å²) in [7, 11) is 1.93. The van der Waals surface area contributed by atoms with Gasteiger partial charge in [0.2, 0.25) is 5.91 Å². The number of benzene rings is 2. The predicted molar refractivity (Wildman–Crippen MR) is 91.9 cm³/mol. The first-order valence-corrected chi connectivity index (χ1v) is 7.56. The summed E-state index contributed by atoms with van der Waals surface area (Å²) in [5, 5.41) is 11.7. The van der Waals surface area contributed by atoms with Gasteiger partial charge in [0.05, 0.1) is 17.7 Å². The Labute approximate surface area is 137 Å². The van der Waals surface area contributed by atoms with Crippen molar-refractivity contribution < 1.29 is 4.79 Å². The first-order chi connectivity index (χ1) is 11.0. The third-order valence-electron chi connectivity index (χ3n) is 3.87. The van der Waals surface area contributed by atoms with Crippen LogP contribution in [0.2, 0.25) is 0 Å². The maximum Gasteiger partial charge on any atom is 0.241 e. The molecule has 4 heteroatoms. The maximum atomic E-state index is 12.3. The van der Waals surface area contributed by atoms with Gasteiger partial charge in [-0.25, -0.2) is 0 Å². The van der Waals surface area contributed by atoms with Gasteiger partial charge in [-0.2, -0.15) is 5.26 Å². The highest BCUT2D eigenvalue weighted by Crippen LogP contribution is 2.12. The average molecular weight is 307 g/mol. The van der Waals surface area contributed by atoms with Crippen molar-refractivity contribution in [2.24, 2.45) is 0 Å². The number of rotatable bonds is 5. The minimum atomic E-state index is -0.257. The van der Waals surface area contributed by atoms with Crippen LogP contribution in [0.3, 0.4) is 0 Å². The zero-order valence-electron chi connectivity index (χ0n) is 13.7. The molecule has 1 amide bonds. The Bertz CT molecular complexity index is 699. The first-order valence-electron chi connectivity index (χ1n) is 7.56. The Balaban J connectivity index is 1.95. The molecule has 23 heavy (non-hydrogen) atoms. The summed E-state index contributed by atoms with van der Waals surface area (Å²) in [4.78, 5) is 14.3. The van der Waals surface area contributed by atoms with Gasteiger partial charge in [-0.15, -0.1) is 0 Å². The second-order valence-electron chi connectivity index (χ2n) is 5.76. The number of anilines is 1. The van der Waals surface area contributed by atoms with Crippen LogP contribution in [0, 0.1) is 18.3 Å². The molecule has 0 aromatic heterocycles. The quantitative estimate of drug-likeness (QED) is 0.922. The van der Waals surface area contributed by atoms with E-state index >= 15 is 0 Å². The monoisotopic (exact) mass is 307 g/mol. The van der Waals surface area contributed by atoms with E-state index in [9.17, 15) is 4.79 Å². The van der Waals surface area contributed by atoms with Gasteiger partial charge in [0.15, 0.2) is 0 Å². The zero-order chi connectivity index (χ0) is 16.8. The lowest BCUT2D eigenvalue weighted by molar-refractivity contribution is -0.120. The van der Waals surface area contributed by atoms with Crippen molar-refractivity contribution in [1.29, 1.82) is 5.26 Å². The predicted octanol–water partition coefficient (Wildman–Crippen LogP) is 3.33. The van der Waals surface area contributed by atoms with Crippen molar-refractivity contribution in [3.8, 4) is 6.07 Å². The molecule has 118 valence electrons. The lowest BCUT2D eigenvalue weighted by Crippen LogP contribution is -2.39. The van der Waals surface area contributed by atoms with E-state index in [1.54, 1.807) is 24.3 Å². The number of aryl methyl sites for hydroxylation is 1. The number of carbonyl (C=O) groups is 1. The fourth-order valence-corrected chi connectivity index (χ4v) is 2.19. The van der Waals surface area contributed by atoms with Crippen LogP contribution >= 0.6 is 0 Å². The molecule has 1 unspecified atom stereocenters. The molecular formula is C19H21N3O. The lowest BCUT2D eigenvalue weighted by atomic mass is 10.1. The summed E-state index contributed by atoms with van der Waals surface area (Å²) in [5.74, 6) is -0.0654. The zero-order valence-corrected chi connectivity index (χ0v) is 13.7. The van der Waals surface area contributed by atoms with Crippen LogP contribution in [0.25, 0.3) is 0 Å². The molecule has 0 fully saturated rings. The average Bonchev–Trinajstić information content (AvgIpc) is 2.56. The number of carbonyl (C=O) groups excluding carboxylic acids is 1. The molecule has 1 N–H and O–H groups in total. The molecule has 0 aliphatic rings. The third kappa shape index (κ3) is 4.67. The van der Waals surface area contributed by atoms with Crippen molar-refractivity contribution in [1.82, 2.24) is 4.90 Å². The molecule has 1 atom stereocenters. The summed E-state index contributed by atoms with van der Waals surface area (Å²) in [6.45, 7) is 4.65. The van der Waals surface area contributed by atoms with Crippen LogP contribution in [0.4, 0.5) is 5.69 Å². The van der Waals surface area contributed by atoms with Gasteiger partial charge in [-0.1, -0.05) is 29.8 Å². The second kappa shape index (κ2) is 7.57. The molecule has 0 saturated heterocycles. The summed E-state index contributed by atoms with van der Waals surface area (Å²) in [5.41, 5.74) is 3.68. The highest BCUT2D eigenvalue weighted by molar-refractivity contribution is 5.94. The molecule has 0 saturated carbocycles. The summed E-state index contributed by atoms with van der Waals surface area (Å²) >= 11 is 0. The van der Waals surface area contributed by atoms with E-state index in [1.807, 2.05) is 18.9 Å². The van der Waals surface area contributed by atoms with Gasteiger partial charge in [-0.05, 0) is 50.7 Å². The van der Waals surface area contributed by atoms with Gasteiger partial charge in [0.25, 0.3) is 0 Å². The van der Waals surface area contributed by atoms with Crippen LogP contribution in [-0.4, -0.2) is 23.9 Å². The first kappa shape index (κ1) is 16.7. The number of nitrogens with one attached hydrogen (secondary N) is 1. The highest BCUT2D eigenvalue weighted by atomic mass is 16.2. The number of hydrogen-bond acceptors (Lipinski definition) is 3. The fraction of sp³-hybridized carbons (Fsp3) is 0.263. The molecule has 0 spiro atoms. The summed E-state index contributed by atoms with van der Waals surface area (Å²) < 4.78 is 0. The van der Waals surface area contributed by atoms with E-state index in [1.165, 1.54) is 11.1 Å². The van der Waals surface area contributed by atoms with Gasteiger partial charge < -0.3 is 5.32 Å². The Kier molecular flexibility index (Phi) is 5.51. The van der Waals surface area contributed by atoms with Crippen molar-refractivity contribution >= 4 is 11.6 Å². The van der Waals surface area contributed by atoms with Crippen molar-refractivity contribution in [3.05, 3.63) is 65.2 Å². The van der Waals surface area contributed by atoms with E-state index in [0.717, 1.165) is 0 Å². The van der Waals surface area contributed by atoms with E-state index in [-0.39, 0.29) is 11.9 Å². The lowest BCUT2D eigenvalue weighted by Gasteiger charge is -2.24. The largest absolute Gasteiger partial charge is 0.325 e. The smallest absolute Gasteiger partial charge is 0.241 e. The van der Waals surface area contributed by atoms with E-state index in [0.29, 0.717) is 17.8 Å². The maximum absolute atomic E-state index is 12.3. The standard InChI is InChI=1S/C19H21N3O/c1-14-4-6-17(7-5-14)13-22(3)15(2)19(23)21-18-10-8-16(12-20)9-11-18/h4-11,15H,13H2,1-3H3,(H,21,23). The van der Waals surface area contributed by atoms with Crippen molar-refractivity contribution in [2.75, 3.05) is 12.4 Å². The minimum Gasteiger partial charge on any atom is -0.325 e. The van der Waals surface area contributed by atoms with E-state index in [2.05, 4.69) is 42.6 Å². The minimum absolute atomic E-state index is 0.0654. The third-order valence-corrected chi connectivity index (χ3v) is 3.87. The molecule has 0 aliphatic carbocycles.